The molecule has 0 atom stereocenters. The molecule has 0 aliphatic carbocycles. The molecule has 3 rings (SSSR count). The van der Waals surface area contributed by atoms with Crippen LogP contribution in [0, 0.1) is 12.7 Å². The maximum atomic E-state index is 13.2. The van der Waals surface area contributed by atoms with Gasteiger partial charge in [0.1, 0.15) is 5.82 Å². The first kappa shape index (κ1) is 17.5. The number of sulfonamides is 1. The largest absolute Gasteiger partial charge is 0.336 e. The van der Waals surface area contributed by atoms with E-state index in [0.29, 0.717) is 24.2 Å². The Hall–Kier alpha value is -2.32. The first-order valence-electron chi connectivity index (χ1n) is 7.85. The molecule has 1 aliphatic heterocycles. The highest BCUT2D eigenvalue weighted by Gasteiger charge is 2.31. The lowest BCUT2D eigenvalue weighted by atomic mass is 10.2. The van der Waals surface area contributed by atoms with Gasteiger partial charge in [-0.05, 0) is 42.8 Å². The van der Waals surface area contributed by atoms with Crippen molar-refractivity contribution < 1.29 is 17.6 Å². The second-order valence-corrected chi connectivity index (χ2v) is 7.75. The molecule has 1 amide bonds. The second kappa shape index (κ2) is 6.89. The van der Waals surface area contributed by atoms with Gasteiger partial charge in [0.15, 0.2) is 0 Å². The molecule has 0 bridgehead atoms. The number of carbonyl (C=O) groups excluding carboxylic acids is 1. The molecule has 0 unspecified atom stereocenters. The Morgan fingerprint density at radius 2 is 1.72 bits per heavy atom. The summed E-state index contributed by atoms with van der Waals surface area (Å²) in [5.74, 6) is -0.610. The van der Waals surface area contributed by atoms with Gasteiger partial charge in [-0.2, -0.15) is 4.31 Å². The molecular formula is C17H18FN3O3S. The smallest absolute Gasteiger partial charge is 0.254 e. The third kappa shape index (κ3) is 3.54. The highest BCUT2D eigenvalue weighted by Crippen LogP contribution is 2.22. The Labute approximate surface area is 145 Å². The SMILES string of the molecule is Cc1cc(F)ccc1S(=O)(=O)N1CCN(C(=O)c2ccncc2)CC1. The van der Waals surface area contributed by atoms with Crippen molar-refractivity contribution in [3.8, 4) is 0 Å². The number of hydrogen-bond donors (Lipinski definition) is 0. The molecule has 6 nitrogen and oxygen atoms in total. The number of hydrogen-bond acceptors (Lipinski definition) is 4. The predicted molar refractivity (Wildman–Crippen MR) is 90.0 cm³/mol. The zero-order valence-electron chi connectivity index (χ0n) is 13.7. The van der Waals surface area contributed by atoms with Gasteiger partial charge in [0, 0.05) is 44.1 Å². The van der Waals surface area contributed by atoms with Crippen LogP contribution in [0.4, 0.5) is 4.39 Å². The van der Waals surface area contributed by atoms with Gasteiger partial charge in [-0.3, -0.25) is 9.78 Å². The van der Waals surface area contributed by atoms with E-state index in [1.807, 2.05) is 0 Å². The van der Waals surface area contributed by atoms with Crippen LogP contribution >= 0.6 is 0 Å². The number of carbonyl (C=O) groups is 1. The van der Waals surface area contributed by atoms with Gasteiger partial charge in [0.25, 0.3) is 5.91 Å². The van der Waals surface area contributed by atoms with E-state index in [1.165, 1.54) is 16.4 Å². The quantitative estimate of drug-likeness (QED) is 0.832. The maximum absolute atomic E-state index is 13.2. The minimum Gasteiger partial charge on any atom is -0.336 e. The zero-order chi connectivity index (χ0) is 18.0. The van der Waals surface area contributed by atoms with Gasteiger partial charge in [-0.15, -0.1) is 0 Å². The van der Waals surface area contributed by atoms with Crippen LogP contribution in [0.15, 0.2) is 47.6 Å². The Balaban J connectivity index is 1.72. The van der Waals surface area contributed by atoms with E-state index in [9.17, 15) is 17.6 Å². The number of piperazine rings is 1. The van der Waals surface area contributed by atoms with Crippen LogP contribution in [0.1, 0.15) is 15.9 Å². The summed E-state index contributed by atoms with van der Waals surface area (Å²) in [5, 5.41) is 0. The molecule has 0 radical (unpaired) electrons. The van der Waals surface area contributed by atoms with Crippen molar-refractivity contribution >= 4 is 15.9 Å². The molecule has 0 saturated carbocycles. The van der Waals surface area contributed by atoms with Crippen LogP contribution < -0.4 is 0 Å². The van der Waals surface area contributed by atoms with Gasteiger partial charge < -0.3 is 4.90 Å². The van der Waals surface area contributed by atoms with Crippen molar-refractivity contribution in [1.82, 2.24) is 14.2 Å². The standard InChI is InChI=1S/C17H18FN3O3S/c1-13-12-15(18)2-3-16(13)25(23,24)21-10-8-20(9-11-21)17(22)14-4-6-19-7-5-14/h2-7,12H,8-11H2,1H3. The van der Waals surface area contributed by atoms with Crippen LogP contribution in [0.25, 0.3) is 0 Å². The van der Waals surface area contributed by atoms with E-state index in [4.69, 9.17) is 0 Å². The normalized spacial score (nSPS) is 16.0. The average molecular weight is 363 g/mol. The summed E-state index contributed by atoms with van der Waals surface area (Å²) in [6.07, 6.45) is 3.09. The van der Waals surface area contributed by atoms with Crippen molar-refractivity contribution in [2.45, 2.75) is 11.8 Å². The summed E-state index contributed by atoms with van der Waals surface area (Å²) in [4.78, 5) is 18.0. The first-order valence-corrected chi connectivity index (χ1v) is 9.29. The minimum absolute atomic E-state index is 0.0998. The molecule has 8 heteroatoms. The fourth-order valence-electron chi connectivity index (χ4n) is 2.85. The number of benzene rings is 1. The molecule has 1 aromatic heterocycles. The molecule has 1 aromatic carbocycles. The number of rotatable bonds is 3. The van der Waals surface area contributed by atoms with Gasteiger partial charge in [-0.25, -0.2) is 12.8 Å². The summed E-state index contributed by atoms with van der Waals surface area (Å²) in [6, 6.07) is 6.90. The minimum atomic E-state index is -3.70. The monoisotopic (exact) mass is 363 g/mol. The van der Waals surface area contributed by atoms with Crippen molar-refractivity contribution in [2.24, 2.45) is 0 Å². The Morgan fingerprint density at radius 1 is 1.08 bits per heavy atom. The second-order valence-electron chi connectivity index (χ2n) is 5.84. The number of aryl methyl sites for hydroxylation is 1. The lowest BCUT2D eigenvalue weighted by molar-refractivity contribution is 0.0697. The number of pyridine rings is 1. The summed E-state index contributed by atoms with van der Waals surface area (Å²) in [5.41, 5.74) is 0.899. The van der Waals surface area contributed by atoms with Crippen molar-refractivity contribution in [2.75, 3.05) is 26.2 Å². The predicted octanol–water partition coefficient (Wildman–Crippen LogP) is 1.68. The van der Waals surface area contributed by atoms with E-state index < -0.39 is 15.8 Å². The number of nitrogens with zero attached hydrogens (tertiary/aromatic N) is 3. The van der Waals surface area contributed by atoms with E-state index in [-0.39, 0.29) is 23.9 Å². The Morgan fingerprint density at radius 3 is 2.32 bits per heavy atom. The lowest BCUT2D eigenvalue weighted by Gasteiger charge is -2.34. The summed E-state index contributed by atoms with van der Waals surface area (Å²) in [6.45, 7) is 2.59. The molecule has 0 N–H and O–H groups in total. The summed E-state index contributed by atoms with van der Waals surface area (Å²) < 4.78 is 40.1. The number of aromatic nitrogens is 1. The first-order chi connectivity index (χ1) is 11.9. The molecule has 132 valence electrons. The van der Waals surface area contributed by atoms with Gasteiger partial charge in [0.2, 0.25) is 10.0 Å². The van der Waals surface area contributed by atoms with Crippen LogP contribution in [-0.2, 0) is 10.0 Å². The molecule has 25 heavy (non-hydrogen) atoms. The third-order valence-electron chi connectivity index (χ3n) is 4.21. The van der Waals surface area contributed by atoms with Crippen LogP contribution in [0.3, 0.4) is 0 Å². The van der Waals surface area contributed by atoms with Crippen LogP contribution in [0.5, 0.6) is 0 Å². The van der Waals surface area contributed by atoms with E-state index in [0.717, 1.165) is 6.07 Å². The van der Waals surface area contributed by atoms with Gasteiger partial charge in [0.05, 0.1) is 4.90 Å². The maximum Gasteiger partial charge on any atom is 0.254 e. The Bertz CT molecular complexity index is 879. The van der Waals surface area contributed by atoms with E-state index in [1.54, 1.807) is 36.4 Å². The molecular weight excluding hydrogens is 345 g/mol. The lowest BCUT2D eigenvalue weighted by Crippen LogP contribution is -2.50. The number of halogens is 1. The van der Waals surface area contributed by atoms with Crippen LogP contribution in [-0.4, -0.2) is 54.7 Å². The number of amides is 1. The third-order valence-corrected chi connectivity index (χ3v) is 6.27. The highest BCUT2D eigenvalue weighted by atomic mass is 32.2. The van der Waals surface area contributed by atoms with Crippen molar-refractivity contribution in [3.63, 3.8) is 0 Å². The molecule has 2 heterocycles. The van der Waals surface area contributed by atoms with Gasteiger partial charge in [-0.1, -0.05) is 0 Å². The van der Waals surface area contributed by atoms with E-state index >= 15 is 0 Å². The summed E-state index contributed by atoms with van der Waals surface area (Å²) >= 11 is 0. The van der Waals surface area contributed by atoms with E-state index in [2.05, 4.69) is 4.98 Å². The van der Waals surface area contributed by atoms with Gasteiger partial charge >= 0.3 is 0 Å². The molecule has 0 spiro atoms. The zero-order valence-corrected chi connectivity index (χ0v) is 14.5. The average Bonchev–Trinajstić information content (AvgIpc) is 2.61. The topological polar surface area (TPSA) is 70.6 Å². The molecule has 1 fully saturated rings. The Kier molecular flexibility index (Phi) is 4.82. The van der Waals surface area contributed by atoms with Crippen molar-refractivity contribution in [3.05, 3.63) is 59.7 Å². The van der Waals surface area contributed by atoms with Crippen LogP contribution in [0.2, 0.25) is 0 Å². The molecule has 1 aliphatic rings. The fourth-order valence-corrected chi connectivity index (χ4v) is 4.48. The fraction of sp³-hybridized carbons (Fsp3) is 0.294. The highest BCUT2D eigenvalue weighted by molar-refractivity contribution is 7.89. The molecule has 1 saturated heterocycles. The van der Waals surface area contributed by atoms with Crippen molar-refractivity contribution in [1.29, 1.82) is 0 Å². The summed E-state index contributed by atoms with van der Waals surface area (Å²) in [7, 11) is -3.70. The molecule has 2 aromatic rings.